The van der Waals surface area contributed by atoms with Crippen molar-refractivity contribution >= 4 is 18.3 Å². The molecule has 0 bridgehead atoms. The molecule has 2 N–H and O–H groups in total. The zero-order valence-electron chi connectivity index (χ0n) is 8.52. The Hall–Kier alpha value is -0.540. The summed E-state index contributed by atoms with van der Waals surface area (Å²) in [4.78, 5) is 10.8. The Bertz CT molecular complexity index is 169. The first-order valence-corrected chi connectivity index (χ1v) is 4.21. The number of carbonyl (C=O) groups is 1. The van der Waals surface area contributed by atoms with E-state index >= 15 is 0 Å². The van der Waals surface area contributed by atoms with E-state index in [0.717, 1.165) is 12.8 Å². The first-order chi connectivity index (χ1) is 5.52. The van der Waals surface area contributed by atoms with Gasteiger partial charge in [0.1, 0.15) is 0 Å². The van der Waals surface area contributed by atoms with Gasteiger partial charge in [0.25, 0.3) is 5.91 Å². The number of rotatable bonds is 5. The van der Waals surface area contributed by atoms with Crippen molar-refractivity contribution in [3.63, 3.8) is 0 Å². The van der Waals surface area contributed by atoms with Crippen LogP contribution in [0.25, 0.3) is 0 Å². The molecule has 13 heavy (non-hydrogen) atoms. The highest BCUT2D eigenvalue weighted by molar-refractivity contribution is 5.86. The fourth-order valence-electron chi connectivity index (χ4n) is 0.969. The first kappa shape index (κ1) is 15.0. The van der Waals surface area contributed by atoms with E-state index in [1.807, 2.05) is 13.8 Å². The van der Waals surface area contributed by atoms with Crippen molar-refractivity contribution < 1.29 is 4.79 Å². The molecule has 0 atom stereocenters. The predicted molar refractivity (Wildman–Crippen MR) is 57.7 cm³/mol. The van der Waals surface area contributed by atoms with Gasteiger partial charge in [-0.1, -0.05) is 19.9 Å². The highest BCUT2D eigenvalue weighted by Gasteiger charge is 2.15. The van der Waals surface area contributed by atoms with Crippen LogP contribution in [0.15, 0.2) is 12.7 Å². The maximum atomic E-state index is 10.8. The average Bonchev–Trinajstić information content (AvgIpc) is 2.00. The number of nitrogens with one attached hydrogen (secondary N) is 2. The summed E-state index contributed by atoms with van der Waals surface area (Å²) in [7, 11) is 0. The van der Waals surface area contributed by atoms with E-state index in [4.69, 9.17) is 0 Å². The lowest BCUT2D eigenvalue weighted by atomic mass is 10.0. The predicted octanol–water partition coefficient (Wildman–Crippen LogP) is 1.79. The molecule has 0 aromatic heterocycles. The zero-order chi connectivity index (χ0) is 9.61. The molecule has 0 aromatic rings. The molecule has 0 aliphatic carbocycles. The second-order valence-electron chi connectivity index (χ2n) is 3.45. The first-order valence-electron chi connectivity index (χ1n) is 4.21. The van der Waals surface area contributed by atoms with Crippen molar-refractivity contribution in [3.05, 3.63) is 12.7 Å². The molecular weight excluding hydrogens is 188 g/mol. The van der Waals surface area contributed by atoms with Crippen molar-refractivity contribution in [1.29, 1.82) is 0 Å². The van der Waals surface area contributed by atoms with Gasteiger partial charge in [0.05, 0.1) is 0 Å². The van der Waals surface area contributed by atoms with E-state index in [0.29, 0.717) is 0 Å². The van der Waals surface area contributed by atoms with Crippen molar-refractivity contribution in [2.75, 3.05) is 0 Å². The molecule has 0 aliphatic rings. The number of hydrogen-bond donors (Lipinski definition) is 2. The molecule has 0 rings (SSSR count). The van der Waals surface area contributed by atoms with E-state index in [2.05, 4.69) is 24.4 Å². The standard InChI is InChI=1S/C9H18N2O.ClH/c1-5-7-9(3,4)11-10-8(12)6-2;/h6,11H,2,5,7H2,1,3-4H3,(H,10,12);1H. The van der Waals surface area contributed by atoms with Gasteiger partial charge in [0.15, 0.2) is 0 Å². The van der Waals surface area contributed by atoms with Crippen LogP contribution in [0.1, 0.15) is 33.6 Å². The number of hydrazine groups is 1. The maximum Gasteiger partial charge on any atom is 0.257 e. The van der Waals surface area contributed by atoms with Gasteiger partial charge in [-0.3, -0.25) is 10.2 Å². The van der Waals surface area contributed by atoms with Gasteiger partial charge in [0.2, 0.25) is 0 Å². The number of carbonyl (C=O) groups excluding carboxylic acids is 1. The summed E-state index contributed by atoms with van der Waals surface area (Å²) in [6.07, 6.45) is 3.35. The highest BCUT2D eigenvalue weighted by atomic mass is 35.5. The van der Waals surface area contributed by atoms with Gasteiger partial charge in [-0.05, 0) is 26.3 Å². The van der Waals surface area contributed by atoms with Gasteiger partial charge >= 0.3 is 0 Å². The molecule has 78 valence electrons. The minimum absolute atomic E-state index is 0. The SMILES string of the molecule is C=CC(=O)NNC(C)(C)CCC.Cl. The van der Waals surface area contributed by atoms with Crippen LogP contribution in [0.4, 0.5) is 0 Å². The van der Waals surface area contributed by atoms with Crippen LogP contribution in [-0.2, 0) is 4.79 Å². The largest absolute Gasteiger partial charge is 0.287 e. The molecule has 0 heterocycles. The normalized spacial score (nSPS) is 10.1. The van der Waals surface area contributed by atoms with Gasteiger partial charge < -0.3 is 0 Å². The second kappa shape index (κ2) is 6.92. The molecule has 0 saturated heterocycles. The summed E-state index contributed by atoms with van der Waals surface area (Å²) >= 11 is 0. The monoisotopic (exact) mass is 206 g/mol. The van der Waals surface area contributed by atoms with E-state index in [1.165, 1.54) is 6.08 Å². The van der Waals surface area contributed by atoms with Gasteiger partial charge in [-0.2, -0.15) is 0 Å². The quantitative estimate of drug-likeness (QED) is 0.532. The van der Waals surface area contributed by atoms with Crippen LogP contribution >= 0.6 is 12.4 Å². The minimum atomic E-state index is -0.195. The van der Waals surface area contributed by atoms with Crippen LogP contribution in [0.3, 0.4) is 0 Å². The summed E-state index contributed by atoms with van der Waals surface area (Å²) in [5.41, 5.74) is 5.44. The Balaban J connectivity index is 0. The third kappa shape index (κ3) is 7.81. The van der Waals surface area contributed by atoms with Crippen LogP contribution in [0.2, 0.25) is 0 Å². The van der Waals surface area contributed by atoms with Crippen LogP contribution in [-0.4, -0.2) is 11.4 Å². The average molecular weight is 207 g/mol. The van der Waals surface area contributed by atoms with Crippen LogP contribution in [0.5, 0.6) is 0 Å². The number of hydrogen-bond acceptors (Lipinski definition) is 2. The second-order valence-corrected chi connectivity index (χ2v) is 3.45. The Kier molecular flexibility index (Phi) is 7.96. The molecule has 0 aliphatic heterocycles. The topological polar surface area (TPSA) is 41.1 Å². The van der Waals surface area contributed by atoms with E-state index in [-0.39, 0.29) is 23.9 Å². The highest BCUT2D eigenvalue weighted by Crippen LogP contribution is 2.08. The third-order valence-corrected chi connectivity index (χ3v) is 1.58. The van der Waals surface area contributed by atoms with Gasteiger partial charge in [-0.25, -0.2) is 5.43 Å². The molecule has 0 radical (unpaired) electrons. The molecule has 0 saturated carbocycles. The minimum Gasteiger partial charge on any atom is -0.287 e. The van der Waals surface area contributed by atoms with Crippen molar-refractivity contribution in [2.45, 2.75) is 39.2 Å². The number of amides is 1. The lowest BCUT2D eigenvalue weighted by Gasteiger charge is -2.25. The van der Waals surface area contributed by atoms with Crippen molar-refractivity contribution in [3.8, 4) is 0 Å². The summed E-state index contributed by atoms with van der Waals surface area (Å²) < 4.78 is 0. The lowest BCUT2D eigenvalue weighted by Crippen LogP contribution is -2.50. The van der Waals surface area contributed by atoms with Gasteiger partial charge in [-0.15, -0.1) is 12.4 Å². The summed E-state index contributed by atoms with van der Waals surface area (Å²) in [6.45, 7) is 9.55. The summed E-state index contributed by atoms with van der Waals surface area (Å²) in [6, 6.07) is 0. The molecule has 3 nitrogen and oxygen atoms in total. The Morgan fingerprint density at radius 2 is 2.08 bits per heavy atom. The fourth-order valence-corrected chi connectivity index (χ4v) is 0.969. The molecule has 0 fully saturated rings. The van der Waals surface area contributed by atoms with Crippen LogP contribution in [0, 0.1) is 0 Å². The Morgan fingerprint density at radius 3 is 2.46 bits per heavy atom. The van der Waals surface area contributed by atoms with Crippen molar-refractivity contribution in [1.82, 2.24) is 10.9 Å². The van der Waals surface area contributed by atoms with Crippen LogP contribution < -0.4 is 10.9 Å². The number of halogens is 1. The zero-order valence-corrected chi connectivity index (χ0v) is 9.33. The maximum absolute atomic E-state index is 10.8. The smallest absolute Gasteiger partial charge is 0.257 e. The lowest BCUT2D eigenvalue weighted by molar-refractivity contribution is -0.118. The fraction of sp³-hybridized carbons (Fsp3) is 0.667. The Labute approximate surface area is 86.4 Å². The summed E-state index contributed by atoms with van der Waals surface area (Å²) in [5, 5.41) is 0. The van der Waals surface area contributed by atoms with E-state index < -0.39 is 0 Å². The molecule has 0 spiro atoms. The molecule has 0 aromatic carbocycles. The molecule has 0 unspecified atom stereocenters. The molecular formula is C9H19ClN2O. The molecule has 4 heteroatoms. The van der Waals surface area contributed by atoms with Crippen molar-refractivity contribution in [2.24, 2.45) is 0 Å². The van der Waals surface area contributed by atoms with E-state index in [9.17, 15) is 4.79 Å². The third-order valence-electron chi connectivity index (χ3n) is 1.58. The van der Waals surface area contributed by atoms with Gasteiger partial charge in [0, 0.05) is 5.54 Å². The molecule has 1 amide bonds. The van der Waals surface area contributed by atoms with E-state index in [1.54, 1.807) is 0 Å². The Morgan fingerprint density at radius 1 is 1.54 bits per heavy atom. The summed E-state index contributed by atoms with van der Waals surface area (Å²) in [5.74, 6) is -0.195.